The predicted octanol–water partition coefficient (Wildman–Crippen LogP) is 4.08. The fraction of sp³-hybridized carbons (Fsp3) is 1.00. The van der Waals surface area contributed by atoms with Crippen LogP contribution in [-0.4, -0.2) is 54.2 Å². The molecule has 0 saturated heterocycles. The molecule has 0 unspecified atom stereocenters. The molecule has 0 aromatic rings. The Morgan fingerprint density at radius 2 is 1.22 bits per heavy atom. The molecule has 0 fully saturated rings. The lowest BCUT2D eigenvalue weighted by atomic mass is 9.86. The Bertz CT molecular complexity index is 663. The number of alkyl halides is 2. The third kappa shape index (κ3) is 4.64. The van der Waals surface area contributed by atoms with Crippen molar-refractivity contribution in [1.82, 2.24) is 4.31 Å². The van der Waals surface area contributed by atoms with Crippen LogP contribution in [0.3, 0.4) is 0 Å². The van der Waals surface area contributed by atoms with Crippen LogP contribution in [0.2, 0.25) is 0 Å². The number of halogens is 2. The molecule has 0 radical (unpaired) electrons. The smallest absolute Gasteiger partial charge is 0.285 e. The molecule has 0 saturated carbocycles. The lowest BCUT2D eigenvalue weighted by Crippen LogP contribution is -2.67. The van der Waals surface area contributed by atoms with Gasteiger partial charge in [-0.3, -0.25) is 4.55 Å². The molecule has 0 bridgehead atoms. The molecular formula is C17H35F2NO5S2. The molecule has 0 aliphatic heterocycles. The molecule has 164 valence electrons. The second kappa shape index (κ2) is 9.45. The van der Waals surface area contributed by atoms with Gasteiger partial charge in [-0.1, -0.05) is 40.5 Å². The minimum Gasteiger partial charge on any atom is -0.285 e. The minimum absolute atomic E-state index is 0.0927. The van der Waals surface area contributed by atoms with Gasteiger partial charge in [0.05, 0.1) is 0 Å². The average molecular weight is 436 g/mol. The summed E-state index contributed by atoms with van der Waals surface area (Å²) in [6.45, 7) is 8.02. The maximum absolute atomic E-state index is 15.6. The van der Waals surface area contributed by atoms with E-state index in [0.717, 1.165) is 18.2 Å². The third-order valence-electron chi connectivity index (χ3n) is 5.47. The standard InChI is InChI=1S/C17H35F2NO5S2/c1-7-11-13-20(14-12-8-2)26(21,22)15(5,6)17(18,19)16(9-3,10-4)27(23,24)25/h7-14H2,1-6H3,(H,23,24,25). The van der Waals surface area contributed by atoms with E-state index in [4.69, 9.17) is 0 Å². The Labute approximate surface area is 163 Å². The Morgan fingerprint density at radius 3 is 1.48 bits per heavy atom. The zero-order valence-electron chi connectivity index (χ0n) is 17.3. The van der Waals surface area contributed by atoms with Crippen LogP contribution in [0.15, 0.2) is 0 Å². The van der Waals surface area contributed by atoms with Gasteiger partial charge in [-0.25, -0.2) is 21.5 Å². The van der Waals surface area contributed by atoms with Gasteiger partial charge in [0.1, 0.15) is 4.75 Å². The summed E-state index contributed by atoms with van der Waals surface area (Å²) in [6.07, 6.45) is 1.17. The predicted molar refractivity (Wildman–Crippen MR) is 104 cm³/mol. The first-order chi connectivity index (χ1) is 12.1. The summed E-state index contributed by atoms with van der Waals surface area (Å²) in [5.74, 6) is -4.22. The van der Waals surface area contributed by atoms with E-state index in [9.17, 15) is 21.4 Å². The first kappa shape index (κ1) is 26.7. The maximum Gasteiger partial charge on any atom is 0.289 e. The van der Waals surface area contributed by atoms with Crippen molar-refractivity contribution in [2.45, 2.75) is 95.5 Å². The van der Waals surface area contributed by atoms with E-state index in [-0.39, 0.29) is 13.1 Å². The highest BCUT2D eigenvalue weighted by Gasteiger charge is 2.71. The van der Waals surface area contributed by atoms with Crippen LogP contribution in [0.4, 0.5) is 8.78 Å². The van der Waals surface area contributed by atoms with Gasteiger partial charge in [0.15, 0.2) is 4.75 Å². The molecule has 0 heterocycles. The minimum atomic E-state index is -5.22. The van der Waals surface area contributed by atoms with Crippen LogP contribution >= 0.6 is 0 Å². The lowest BCUT2D eigenvalue weighted by molar-refractivity contribution is -0.0780. The summed E-state index contributed by atoms with van der Waals surface area (Å²) in [5.41, 5.74) is 0. The van der Waals surface area contributed by atoms with Crippen molar-refractivity contribution in [3.8, 4) is 0 Å². The topological polar surface area (TPSA) is 91.8 Å². The van der Waals surface area contributed by atoms with Crippen molar-refractivity contribution >= 4 is 20.1 Å². The summed E-state index contributed by atoms with van der Waals surface area (Å²) in [6, 6.07) is 0. The van der Waals surface area contributed by atoms with Gasteiger partial charge in [0.2, 0.25) is 10.0 Å². The first-order valence-electron chi connectivity index (χ1n) is 9.49. The fourth-order valence-electron chi connectivity index (χ4n) is 3.28. The molecule has 0 aromatic carbocycles. The van der Waals surface area contributed by atoms with Crippen LogP contribution in [0.1, 0.15) is 80.1 Å². The number of unbranched alkanes of at least 4 members (excludes halogenated alkanes) is 2. The molecule has 27 heavy (non-hydrogen) atoms. The monoisotopic (exact) mass is 435 g/mol. The highest BCUT2D eigenvalue weighted by Crippen LogP contribution is 2.50. The molecular weight excluding hydrogens is 400 g/mol. The Kier molecular flexibility index (Phi) is 9.34. The van der Waals surface area contributed by atoms with Crippen LogP contribution in [-0.2, 0) is 20.1 Å². The van der Waals surface area contributed by atoms with E-state index in [2.05, 4.69) is 0 Å². The van der Waals surface area contributed by atoms with Gasteiger partial charge in [0, 0.05) is 13.1 Å². The molecule has 1 N–H and O–H groups in total. The SMILES string of the molecule is CCCCN(CCCC)S(=O)(=O)C(C)(C)C(F)(F)C(CC)(CC)S(=O)(=O)O. The summed E-state index contributed by atoms with van der Waals surface area (Å²) in [4.78, 5) is 0. The Morgan fingerprint density at radius 1 is 0.852 bits per heavy atom. The van der Waals surface area contributed by atoms with Crippen LogP contribution < -0.4 is 0 Å². The molecule has 10 heteroatoms. The molecule has 0 spiro atoms. The Balaban J connectivity index is 6.44. The van der Waals surface area contributed by atoms with Crippen LogP contribution in [0.5, 0.6) is 0 Å². The van der Waals surface area contributed by atoms with Crippen molar-refractivity contribution in [1.29, 1.82) is 0 Å². The first-order valence-corrected chi connectivity index (χ1v) is 12.4. The quantitative estimate of drug-likeness (QED) is 0.440. The number of sulfonamides is 1. The zero-order chi connectivity index (χ0) is 21.7. The number of rotatable bonds is 13. The average Bonchev–Trinajstić information content (AvgIpc) is 2.54. The summed E-state index contributed by atoms with van der Waals surface area (Å²) in [7, 11) is -9.78. The molecule has 0 rings (SSSR count). The van der Waals surface area contributed by atoms with E-state index in [1.54, 1.807) is 0 Å². The van der Waals surface area contributed by atoms with Crippen LogP contribution in [0, 0.1) is 0 Å². The molecule has 0 aliphatic rings. The highest BCUT2D eigenvalue weighted by molar-refractivity contribution is 7.91. The van der Waals surface area contributed by atoms with Gasteiger partial charge < -0.3 is 0 Å². The molecule has 0 atom stereocenters. The van der Waals surface area contributed by atoms with E-state index in [1.807, 2.05) is 13.8 Å². The summed E-state index contributed by atoms with van der Waals surface area (Å²) in [5, 5.41) is 0. The normalized spacial score (nSPS) is 14.7. The molecule has 0 amide bonds. The number of nitrogens with zero attached hydrogens (tertiary/aromatic N) is 1. The maximum atomic E-state index is 15.6. The Hall–Kier alpha value is -0.320. The van der Waals surface area contributed by atoms with Gasteiger partial charge in [-0.15, -0.1) is 0 Å². The number of hydrogen-bond acceptors (Lipinski definition) is 4. The largest absolute Gasteiger partial charge is 0.289 e. The van der Waals surface area contributed by atoms with Gasteiger partial charge in [-0.2, -0.15) is 8.42 Å². The van der Waals surface area contributed by atoms with Crippen molar-refractivity contribution in [3.63, 3.8) is 0 Å². The zero-order valence-corrected chi connectivity index (χ0v) is 18.9. The van der Waals surface area contributed by atoms with Gasteiger partial charge in [-0.05, 0) is 39.5 Å². The van der Waals surface area contributed by atoms with Crippen molar-refractivity contribution in [2.24, 2.45) is 0 Å². The fourth-order valence-corrected chi connectivity index (χ4v) is 6.55. The third-order valence-corrected chi connectivity index (χ3v) is 9.88. The van der Waals surface area contributed by atoms with Crippen molar-refractivity contribution in [2.75, 3.05) is 13.1 Å². The van der Waals surface area contributed by atoms with Gasteiger partial charge >= 0.3 is 0 Å². The summed E-state index contributed by atoms with van der Waals surface area (Å²) >= 11 is 0. The highest BCUT2D eigenvalue weighted by atomic mass is 32.2. The summed E-state index contributed by atoms with van der Waals surface area (Å²) < 4.78 is 86.4. The molecule has 0 aromatic heterocycles. The van der Waals surface area contributed by atoms with Crippen molar-refractivity contribution in [3.05, 3.63) is 0 Å². The molecule has 0 aliphatic carbocycles. The second-order valence-electron chi connectivity index (χ2n) is 7.37. The van der Waals surface area contributed by atoms with E-state index < -0.39 is 48.4 Å². The van der Waals surface area contributed by atoms with Crippen molar-refractivity contribution < 1.29 is 30.2 Å². The van der Waals surface area contributed by atoms with Crippen LogP contribution in [0.25, 0.3) is 0 Å². The van der Waals surface area contributed by atoms with Gasteiger partial charge in [0.25, 0.3) is 16.0 Å². The molecule has 6 nitrogen and oxygen atoms in total. The second-order valence-corrected chi connectivity index (χ2v) is 11.6. The van der Waals surface area contributed by atoms with E-state index in [1.165, 1.54) is 13.8 Å². The van der Waals surface area contributed by atoms with E-state index in [0.29, 0.717) is 25.7 Å². The lowest BCUT2D eigenvalue weighted by Gasteiger charge is -2.46. The number of hydrogen-bond donors (Lipinski definition) is 1. The van der Waals surface area contributed by atoms with E-state index >= 15 is 8.78 Å².